The topological polar surface area (TPSA) is 43.3 Å². The first kappa shape index (κ1) is 20.9. The van der Waals surface area contributed by atoms with Crippen LogP contribution in [0.25, 0.3) is 0 Å². The fourth-order valence-electron chi connectivity index (χ4n) is 6.10. The van der Waals surface area contributed by atoms with Crippen molar-refractivity contribution in [3.8, 4) is 17.2 Å². The second kappa shape index (κ2) is 7.68. The van der Waals surface area contributed by atoms with Crippen LogP contribution in [-0.2, 0) is 0 Å². The van der Waals surface area contributed by atoms with Crippen LogP contribution in [0.3, 0.4) is 0 Å². The Morgan fingerprint density at radius 3 is 2.55 bits per heavy atom. The molecule has 1 atom stereocenters. The van der Waals surface area contributed by atoms with E-state index in [1.54, 1.807) is 0 Å². The van der Waals surface area contributed by atoms with Crippen molar-refractivity contribution in [1.29, 1.82) is 0 Å². The van der Waals surface area contributed by atoms with E-state index in [4.69, 9.17) is 19.3 Å². The molecule has 2 aromatic rings. The molecule has 0 saturated heterocycles. The van der Waals surface area contributed by atoms with E-state index in [1.165, 1.54) is 24.8 Å². The van der Waals surface area contributed by atoms with Gasteiger partial charge in [-0.3, -0.25) is 0 Å². The minimum atomic E-state index is -0.352. The zero-order valence-corrected chi connectivity index (χ0v) is 20.0. The summed E-state index contributed by atoms with van der Waals surface area (Å²) in [6, 6.07) is 15.0. The minimum Gasteiger partial charge on any atom is -0.486 e. The highest BCUT2D eigenvalue weighted by atomic mass is 16.6. The highest BCUT2D eigenvalue weighted by Gasteiger charge is 2.53. The van der Waals surface area contributed by atoms with Gasteiger partial charge in [-0.25, -0.2) is 5.01 Å². The Labute approximate surface area is 196 Å². The van der Waals surface area contributed by atoms with Crippen molar-refractivity contribution in [3.05, 3.63) is 53.6 Å². The molecule has 2 aromatic carbocycles. The van der Waals surface area contributed by atoms with E-state index >= 15 is 0 Å². The average Bonchev–Trinajstić information content (AvgIpc) is 3.31. The van der Waals surface area contributed by atoms with Crippen LogP contribution in [0, 0.1) is 11.3 Å². The Balaban J connectivity index is 1.35. The van der Waals surface area contributed by atoms with E-state index < -0.39 is 0 Å². The van der Waals surface area contributed by atoms with E-state index in [1.807, 2.05) is 6.07 Å². The van der Waals surface area contributed by atoms with E-state index in [2.05, 4.69) is 62.2 Å². The summed E-state index contributed by atoms with van der Waals surface area (Å²) in [4.78, 5) is 0. The number of ether oxygens (including phenoxy) is 3. The van der Waals surface area contributed by atoms with Gasteiger partial charge in [0.2, 0.25) is 0 Å². The zero-order valence-electron chi connectivity index (χ0n) is 20.0. The molecule has 0 N–H and O–H groups in total. The molecule has 6 rings (SSSR count). The predicted molar refractivity (Wildman–Crippen MR) is 129 cm³/mol. The third kappa shape index (κ3) is 3.39. The van der Waals surface area contributed by atoms with Crippen molar-refractivity contribution >= 4 is 5.71 Å². The molecular weight excluding hydrogens is 412 g/mol. The molecule has 174 valence electrons. The zero-order chi connectivity index (χ0) is 22.6. The van der Waals surface area contributed by atoms with Gasteiger partial charge in [-0.05, 0) is 48.4 Å². The number of para-hydroxylation sites is 1. The third-order valence-electron chi connectivity index (χ3n) is 8.56. The molecule has 4 aliphatic rings. The van der Waals surface area contributed by atoms with Crippen molar-refractivity contribution < 1.29 is 14.2 Å². The molecule has 0 amide bonds. The average molecular weight is 447 g/mol. The highest BCUT2D eigenvalue weighted by molar-refractivity contribution is 6.02. The lowest BCUT2D eigenvalue weighted by Gasteiger charge is -2.52. The largest absolute Gasteiger partial charge is 0.486 e. The number of benzene rings is 2. The molecule has 3 aliphatic heterocycles. The molecule has 1 aliphatic carbocycles. The Bertz CT molecular complexity index is 1080. The summed E-state index contributed by atoms with van der Waals surface area (Å²) in [7, 11) is 0. The fourth-order valence-corrected chi connectivity index (χ4v) is 6.10. The van der Waals surface area contributed by atoms with Crippen molar-refractivity contribution in [2.24, 2.45) is 16.4 Å². The van der Waals surface area contributed by atoms with Gasteiger partial charge in [0, 0.05) is 30.4 Å². The molecule has 1 fully saturated rings. The minimum absolute atomic E-state index is 0.217. The second-order valence-electron chi connectivity index (χ2n) is 10.7. The van der Waals surface area contributed by atoms with E-state index in [0.717, 1.165) is 53.7 Å². The van der Waals surface area contributed by atoms with Crippen LogP contribution >= 0.6 is 0 Å². The summed E-state index contributed by atoms with van der Waals surface area (Å²) in [5.74, 6) is 3.41. The molecule has 1 unspecified atom stereocenters. The van der Waals surface area contributed by atoms with Gasteiger partial charge in [-0.1, -0.05) is 45.4 Å². The van der Waals surface area contributed by atoms with Crippen molar-refractivity contribution in [1.82, 2.24) is 5.01 Å². The van der Waals surface area contributed by atoms with Crippen LogP contribution in [0.4, 0.5) is 0 Å². The number of hydrogen-bond donors (Lipinski definition) is 0. The summed E-state index contributed by atoms with van der Waals surface area (Å²) < 4.78 is 18.4. The first-order valence-corrected chi connectivity index (χ1v) is 12.5. The number of hydrazone groups is 1. The maximum Gasteiger partial charge on any atom is 0.198 e. The highest BCUT2D eigenvalue weighted by Crippen LogP contribution is 2.54. The van der Waals surface area contributed by atoms with Gasteiger partial charge in [0.15, 0.2) is 17.2 Å². The molecule has 5 nitrogen and oxygen atoms in total. The number of hydrogen-bond acceptors (Lipinski definition) is 5. The Morgan fingerprint density at radius 2 is 1.76 bits per heavy atom. The lowest BCUT2D eigenvalue weighted by molar-refractivity contribution is -0.152. The van der Waals surface area contributed by atoms with E-state index in [0.29, 0.717) is 18.6 Å². The van der Waals surface area contributed by atoms with Gasteiger partial charge < -0.3 is 14.2 Å². The lowest BCUT2D eigenvalue weighted by Crippen LogP contribution is -2.56. The Morgan fingerprint density at radius 1 is 1.00 bits per heavy atom. The van der Waals surface area contributed by atoms with Crippen LogP contribution in [-0.4, -0.2) is 29.7 Å². The third-order valence-corrected chi connectivity index (χ3v) is 8.56. The molecule has 0 radical (unpaired) electrons. The molecule has 33 heavy (non-hydrogen) atoms. The van der Waals surface area contributed by atoms with Gasteiger partial charge in [0.1, 0.15) is 19.0 Å². The summed E-state index contributed by atoms with van der Waals surface area (Å²) in [5, 5.41) is 7.56. The first-order chi connectivity index (χ1) is 16.0. The fraction of sp³-hybridized carbons (Fsp3) is 0.536. The molecular formula is C28H34N2O3. The number of fused-ring (bicyclic) bond motifs is 5. The molecule has 0 bridgehead atoms. The van der Waals surface area contributed by atoms with Crippen LogP contribution in [0.5, 0.6) is 17.2 Å². The van der Waals surface area contributed by atoms with Crippen molar-refractivity contribution in [2.45, 2.75) is 71.1 Å². The van der Waals surface area contributed by atoms with Gasteiger partial charge in [-0.15, -0.1) is 0 Å². The maximum atomic E-state index is 6.82. The smallest absolute Gasteiger partial charge is 0.198 e. The van der Waals surface area contributed by atoms with Gasteiger partial charge in [0.25, 0.3) is 0 Å². The van der Waals surface area contributed by atoms with Gasteiger partial charge in [0.05, 0.1) is 11.8 Å². The predicted octanol–water partition coefficient (Wildman–Crippen LogP) is 6.32. The normalized spacial score (nSPS) is 28.1. The van der Waals surface area contributed by atoms with Crippen LogP contribution < -0.4 is 14.2 Å². The summed E-state index contributed by atoms with van der Waals surface area (Å²) >= 11 is 0. The van der Waals surface area contributed by atoms with Crippen LogP contribution in [0.1, 0.15) is 76.5 Å². The number of nitrogens with zero attached hydrogens (tertiary/aromatic N) is 2. The molecule has 5 heteroatoms. The monoisotopic (exact) mass is 446 g/mol. The second-order valence-corrected chi connectivity index (χ2v) is 10.7. The molecule has 1 saturated carbocycles. The molecule has 0 aromatic heterocycles. The molecule has 3 heterocycles. The van der Waals surface area contributed by atoms with Crippen molar-refractivity contribution in [2.75, 3.05) is 13.2 Å². The summed E-state index contributed by atoms with van der Waals surface area (Å²) in [5.41, 5.74) is 3.48. The van der Waals surface area contributed by atoms with E-state index in [-0.39, 0.29) is 11.8 Å². The van der Waals surface area contributed by atoms with Gasteiger partial charge >= 0.3 is 0 Å². The SMILES string of the molecule is CCC(C)(C)C1CCC2(CC1)Oc1ccccc1C1CC(c3ccc4c(c3)OCCO4)=NN12. The van der Waals surface area contributed by atoms with Crippen LogP contribution in [0.2, 0.25) is 0 Å². The van der Waals surface area contributed by atoms with E-state index in [9.17, 15) is 0 Å². The maximum absolute atomic E-state index is 6.82. The Hall–Kier alpha value is -2.69. The van der Waals surface area contributed by atoms with Gasteiger partial charge in [-0.2, -0.15) is 5.10 Å². The van der Waals surface area contributed by atoms with Crippen LogP contribution in [0.15, 0.2) is 47.6 Å². The Kier molecular flexibility index (Phi) is 4.86. The lowest BCUT2D eigenvalue weighted by atomic mass is 9.67. The van der Waals surface area contributed by atoms with Crippen molar-refractivity contribution in [3.63, 3.8) is 0 Å². The summed E-state index contributed by atoms with van der Waals surface area (Å²) in [6.45, 7) is 8.36. The molecule has 1 spiro atoms. The number of rotatable bonds is 3. The standard InChI is InChI=1S/C28H34N2O3/c1-4-27(2,3)20-11-13-28(14-12-20)30-23(21-7-5-6-8-24(21)33-28)18-22(29-30)19-9-10-25-26(17-19)32-16-15-31-25/h5-10,17,20,23H,4,11-16,18H2,1-3H3. The first-order valence-electron chi connectivity index (χ1n) is 12.5. The summed E-state index contributed by atoms with van der Waals surface area (Å²) in [6.07, 6.45) is 6.49. The quantitative estimate of drug-likeness (QED) is 0.553.